The minimum Gasteiger partial charge on any atom is -0.479 e. The van der Waals surface area contributed by atoms with Gasteiger partial charge in [0.05, 0.1) is 0 Å². The Morgan fingerprint density at radius 2 is 1.88 bits per heavy atom. The number of nitrogens with one attached hydrogen (secondary N) is 1. The van der Waals surface area contributed by atoms with E-state index in [0.717, 1.165) is 0 Å². The van der Waals surface area contributed by atoms with Gasteiger partial charge >= 0.3 is 12.1 Å². The Bertz CT molecular complexity index is 302. The number of allylic oxidation sites excluding steroid dienone is 1. The molecule has 16 heavy (non-hydrogen) atoms. The average molecular weight is 229 g/mol. The molecule has 0 aliphatic heterocycles. The second-order valence-corrected chi connectivity index (χ2v) is 4.45. The summed E-state index contributed by atoms with van der Waals surface area (Å²) in [6.45, 7) is 8.48. The van der Waals surface area contributed by atoms with Crippen molar-refractivity contribution in [3.8, 4) is 0 Å². The fraction of sp³-hybridized carbons (Fsp3) is 0.636. The number of hydrogen-bond donors (Lipinski definition) is 2. The van der Waals surface area contributed by atoms with Gasteiger partial charge in [-0.3, -0.25) is 0 Å². The van der Waals surface area contributed by atoms with E-state index >= 15 is 0 Å². The maximum atomic E-state index is 11.4. The number of amides is 1. The smallest absolute Gasteiger partial charge is 0.408 e. The first-order valence-corrected chi connectivity index (χ1v) is 5.02. The third-order valence-corrected chi connectivity index (χ3v) is 1.82. The highest BCUT2D eigenvalue weighted by atomic mass is 16.6. The summed E-state index contributed by atoms with van der Waals surface area (Å²) in [5, 5.41) is 11.2. The number of rotatable bonds is 3. The Morgan fingerprint density at radius 1 is 1.38 bits per heavy atom. The van der Waals surface area contributed by atoms with Crippen molar-refractivity contribution in [1.29, 1.82) is 0 Å². The molecule has 0 radical (unpaired) electrons. The zero-order chi connectivity index (χ0) is 12.9. The van der Waals surface area contributed by atoms with Gasteiger partial charge in [0.1, 0.15) is 5.60 Å². The van der Waals surface area contributed by atoms with Crippen molar-refractivity contribution in [3.05, 3.63) is 11.6 Å². The molecule has 0 aliphatic rings. The van der Waals surface area contributed by atoms with Crippen molar-refractivity contribution in [1.82, 2.24) is 5.32 Å². The Balaban J connectivity index is 4.55. The van der Waals surface area contributed by atoms with Crippen molar-refractivity contribution in [2.45, 2.75) is 46.3 Å². The van der Waals surface area contributed by atoms with Crippen LogP contribution in [0.2, 0.25) is 0 Å². The van der Waals surface area contributed by atoms with E-state index in [0.29, 0.717) is 5.57 Å². The van der Waals surface area contributed by atoms with Crippen molar-refractivity contribution < 1.29 is 19.4 Å². The number of aliphatic carboxylic acids is 1. The molecular weight excluding hydrogens is 210 g/mol. The van der Waals surface area contributed by atoms with Crippen LogP contribution in [0.15, 0.2) is 11.6 Å². The third kappa shape index (κ3) is 5.38. The highest BCUT2D eigenvalue weighted by molar-refractivity contribution is 5.83. The molecule has 0 aromatic carbocycles. The molecule has 0 rings (SSSR count). The van der Waals surface area contributed by atoms with Gasteiger partial charge < -0.3 is 15.2 Å². The molecule has 0 heterocycles. The summed E-state index contributed by atoms with van der Waals surface area (Å²) in [6, 6.07) is -1.04. The van der Waals surface area contributed by atoms with Crippen LogP contribution in [-0.4, -0.2) is 28.8 Å². The molecular formula is C11H19NO4. The van der Waals surface area contributed by atoms with E-state index in [2.05, 4.69) is 5.32 Å². The standard InChI is InChI=1S/C11H19NO4/c1-6-7(2)8(9(13)14)12-10(15)16-11(3,4)5/h6,8H,1-5H3,(H,12,15)(H,13,14)/b7-6+. The molecule has 0 aromatic rings. The molecule has 0 bridgehead atoms. The van der Waals surface area contributed by atoms with Gasteiger partial charge in [-0.2, -0.15) is 0 Å². The predicted octanol–water partition coefficient (Wildman–Crippen LogP) is 1.93. The van der Waals surface area contributed by atoms with Crippen LogP contribution in [0.4, 0.5) is 4.79 Å². The van der Waals surface area contributed by atoms with E-state index in [4.69, 9.17) is 9.84 Å². The zero-order valence-electron chi connectivity index (χ0n) is 10.3. The SMILES string of the molecule is C/C=C(\C)C(NC(=O)OC(C)(C)C)C(=O)O. The first-order chi connectivity index (χ1) is 7.17. The Kier molecular flexibility index (Phi) is 5.01. The molecule has 1 amide bonds. The van der Waals surface area contributed by atoms with Crippen LogP contribution >= 0.6 is 0 Å². The lowest BCUT2D eigenvalue weighted by atomic mass is 10.1. The largest absolute Gasteiger partial charge is 0.479 e. The first-order valence-electron chi connectivity index (χ1n) is 5.02. The monoisotopic (exact) mass is 229 g/mol. The van der Waals surface area contributed by atoms with Crippen LogP contribution < -0.4 is 5.32 Å². The zero-order valence-corrected chi connectivity index (χ0v) is 10.3. The Morgan fingerprint density at radius 3 is 2.19 bits per heavy atom. The highest BCUT2D eigenvalue weighted by Crippen LogP contribution is 2.08. The van der Waals surface area contributed by atoms with Crippen LogP contribution in [0.3, 0.4) is 0 Å². The van der Waals surface area contributed by atoms with Crippen LogP contribution in [0.5, 0.6) is 0 Å². The molecule has 0 spiro atoms. The van der Waals surface area contributed by atoms with Gasteiger partial charge in [-0.05, 0) is 40.2 Å². The van der Waals surface area contributed by atoms with Gasteiger partial charge in [0.2, 0.25) is 0 Å². The molecule has 92 valence electrons. The molecule has 2 N–H and O–H groups in total. The summed E-state index contributed by atoms with van der Waals surface area (Å²) in [4.78, 5) is 22.3. The van der Waals surface area contributed by atoms with Crippen molar-refractivity contribution in [2.75, 3.05) is 0 Å². The number of alkyl carbamates (subject to hydrolysis) is 1. The van der Waals surface area contributed by atoms with Crippen molar-refractivity contribution in [3.63, 3.8) is 0 Å². The number of carbonyl (C=O) groups excluding carboxylic acids is 1. The summed E-state index contributed by atoms with van der Waals surface area (Å²) >= 11 is 0. The van der Waals surface area contributed by atoms with E-state index in [9.17, 15) is 9.59 Å². The average Bonchev–Trinajstić information content (AvgIpc) is 2.09. The topological polar surface area (TPSA) is 75.6 Å². The second-order valence-electron chi connectivity index (χ2n) is 4.45. The minimum absolute atomic E-state index is 0.554. The molecule has 0 saturated heterocycles. The maximum Gasteiger partial charge on any atom is 0.408 e. The Hall–Kier alpha value is -1.52. The number of ether oxygens (including phenoxy) is 1. The molecule has 0 fully saturated rings. The van der Waals surface area contributed by atoms with Gasteiger partial charge in [-0.25, -0.2) is 9.59 Å². The van der Waals surface area contributed by atoms with Gasteiger partial charge in [-0.1, -0.05) is 6.08 Å². The van der Waals surface area contributed by atoms with Crippen LogP contribution in [0.25, 0.3) is 0 Å². The van der Waals surface area contributed by atoms with Crippen LogP contribution in [0.1, 0.15) is 34.6 Å². The normalized spacial score (nSPS) is 14.2. The van der Waals surface area contributed by atoms with Gasteiger partial charge in [-0.15, -0.1) is 0 Å². The van der Waals surface area contributed by atoms with E-state index in [-0.39, 0.29) is 0 Å². The van der Waals surface area contributed by atoms with E-state index in [1.807, 2.05) is 0 Å². The lowest BCUT2D eigenvalue weighted by Crippen LogP contribution is -2.44. The molecule has 0 saturated carbocycles. The predicted molar refractivity (Wildman–Crippen MR) is 60.2 cm³/mol. The van der Waals surface area contributed by atoms with Crippen LogP contribution in [-0.2, 0) is 9.53 Å². The lowest BCUT2D eigenvalue weighted by molar-refractivity contribution is -0.138. The summed E-state index contributed by atoms with van der Waals surface area (Å²) < 4.78 is 4.97. The fourth-order valence-corrected chi connectivity index (χ4v) is 0.962. The summed E-state index contributed by atoms with van der Waals surface area (Å²) in [6.07, 6.45) is 0.900. The second kappa shape index (κ2) is 5.53. The summed E-state index contributed by atoms with van der Waals surface area (Å²) in [7, 11) is 0. The molecule has 1 atom stereocenters. The van der Waals surface area contributed by atoms with Crippen molar-refractivity contribution in [2.24, 2.45) is 0 Å². The minimum atomic E-state index is -1.11. The fourth-order valence-electron chi connectivity index (χ4n) is 0.962. The molecule has 1 unspecified atom stereocenters. The van der Waals surface area contributed by atoms with Gasteiger partial charge in [0, 0.05) is 0 Å². The Labute approximate surface area is 95.5 Å². The molecule has 5 nitrogen and oxygen atoms in total. The van der Waals surface area contributed by atoms with E-state index in [1.54, 1.807) is 40.7 Å². The van der Waals surface area contributed by atoms with Gasteiger partial charge in [0.15, 0.2) is 6.04 Å². The highest BCUT2D eigenvalue weighted by Gasteiger charge is 2.24. The summed E-state index contributed by atoms with van der Waals surface area (Å²) in [5.41, 5.74) is -0.0879. The third-order valence-electron chi connectivity index (χ3n) is 1.82. The quantitative estimate of drug-likeness (QED) is 0.725. The molecule has 0 aromatic heterocycles. The molecule has 5 heteroatoms. The number of hydrogen-bond acceptors (Lipinski definition) is 3. The lowest BCUT2D eigenvalue weighted by Gasteiger charge is -2.22. The van der Waals surface area contributed by atoms with E-state index in [1.165, 1.54) is 0 Å². The molecule has 0 aliphatic carbocycles. The number of carboxylic acid groups (broad SMARTS) is 1. The number of carbonyl (C=O) groups is 2. The number of carboxylic acids is 1. The van der Waals surface area contributed by atoms with E-state index < -0.39 is 23.7 Å². The van der Waals surface area contributed by atoms with Gasteiger partial charge in [0.25, 0.3) is 0 Å². The van der Waals surface area contributed by atoms with Crippen LogP contribution in [0, 0.1) is 0 Å². The maximum absolute atomic E-state index is 11.4. The van der Waals surface area contributed by atoms with Crippen molar-refractivity contribution >= 4 is 12.1 Å². The first kappa shape index (κ1) is 14.5. The summed E-state index contributed by atoms with van der Waals surface area (Å²) in [5.74, 6) is -1.11.